The molecule has 5 heteroatoms. The Labute approximate surface area is 194 Å². The number of H-pyrrole nitrogens is 1. The van der Waals surface area contributed by atoms with Crippen molar-refractivity contribution in [2.45, 2.75) is 45.2 Å². The first-order valence-electron chi connectivity index (χ1n) is 11.8. The molecule has 0 radical (unpaired) electrons. The summed E-state index contributed by atoms with van der Waals surface area (Å²) in [6.45, 7) is 5.10. The summed E-state index contributed by atoms with van der Waals surface area (Å²) < 4.78 is 0. The minimum absolute atomic E-state index is 0.114. The van der Waals surface area contributed by atoms with E-state index < -0.39 is 0 Å². The van der Waals surface area contributed by atoms with Crippen LogP contribution in [0.25, 0.3) is 22.4 Å². The molecule has 3 heterocycles. The lowest BCUT2D eigenvalue weighted by molar-refractivity contribution is 0.0197. The van der Waals surface area contributed by atoms with Crippen LogP contribution >= 0.6 is 0 Å². The predicted octanol–water partition coefficient (Wildman–Crippen LogP) is 5.29. The number of hydrazine groups is 1. The number of carbonyl (C=O) groups excluding carboxylic acids is 1. The van der Waals surface area contributed by atoms with E-state index in [9.17, 15) is 4.79 Å². The fourth-order valence-corrected chi connectivity index (χ4v) is 5.59. The SMILES string of the molecule is Cc1cc(C(=O)N2C3CCN2C(Cc2ccccc2)C3)ccc1-c1nc2c(C)cccc2[nH]1. The van der Waals surface area contributed by atoms with Gasteiger partial charge in [0.1, 0.15) is 5.82 Å². The van der Waals surface area contributed by atoms with Gasteiger partial charge in [-0.2, -0.15) is 0 Å². The zero-order chi connectivity index (χ0) is 22.5. The van der Waals surface area contributed by atoms with E-state index >= 15 is 0 Å². The summed E-state index contributed by atoms with van der Waals surface area (Å²) in [6.07, 6.45) is 3.10. The minimum Gasteiger partial charge on any atom is -0.338 e. The summed E-state index contributed by atoms with van der Waals surface area (Å²) in [4.78, 5) is 21.8. The van der Waals surface area contributed by atoms with Gasteiger partial charge in [0.15, 0.2) is 0 Å². The summed E-state index contributed by atoms with van der Waals surface area (Å²) in [5.74, 6) is 0.965. The maximum Gasteiger partial charge on any atom is 0.268 e. The molecule has 5 nitrogen and oxygen atoms in total. The average Bonchev–Trinajstić information content (AvgIpc) is 3.52. The molecule has 0 spiro atoms. The van der Waals surface area contributed by atoms with Crippen LogP contribution in [-0.2, 0) is 6.42 Å². The molecule has 3 atom stereocenters. The molecule has 2 bridgehead atoms. The average molecular weight is 437 g/mol. The van der Waals surface area contributed by atoms with Crippen molar-refractivity contribution in [2.24, 2.45) is 0 Å². The van der Waals surface area contributed by atoms with Crippen molar-refractivity contribution < 1.29 is 4.79 Å². The first-order valence-corrected chi connectivity index (χ1v) is 11.8. The number of aromatic amines is 1. The number of carbonyl (C=O) groups is 1. The first kappa shape index (κ1) is 20.2. The van der Waals surface area contributed by atoms with Crippen LogP contribution in [0.5, 0.6) is 0 Å². The zero-order valence-corrected chi connectivity index (χ0v) is 19.1. The fourth-order valence-electron chi connectivity index (χ4n) is 5.59. The van der Waals surface area contributed by atoms with Crippen LogP contribution in [0, 0.1) is 13.8 Å². The standard InChI is InChI=1S/C28H28N4O/c1-18-7-6-10-25-26(18)30-27(29-25)24-12-11-21(15-19(24)2)28(33)32-22-13-14-31(32)23(17-22)16-20-8-4-3-5-9-20/h3-12,15,22-23H,13-14,16-17H2,1-2H3,(H,29,30). The molecule has 2 saturated heterocycles. The highest BCUT2D eigenvalue weighted by atomic mass is 16.2. The number of aryl methyl sites for hydroxylation is 2. The molecule has 0 saturated carbocycles. The van der Waals surface area contributed by atoms with E-state index in [-0.39, 0.29) is 5.91 Å². The van der Waals surface area contributed by atoms with Crippen LogP contribution in [-0.4, -0.2) is 44.5 Å². The number of nitrogens with one attached hydrogen (secondary N) is 1. The van der Waals surface area contributed by atoms with Crippen molar-refractivity contribution in [3.8, 4) is 11.4 Å². The lowest BCUT2D eigenvalue weighted by Crippen LogP contribution is -2.42. The number of benzene rings is 3. The summed E-state index contributed by atoms with van der Waals surface area (Å²) in [5, 5.41) is 4.35. The molecule has 0 aliphatic carbocycles. The second-order valence-electron chi connectivity index (χ2n) is 9.42. The van der Waals surface area contributed by atoms with E-state index in [1.165, 1.54) is 5.56 Å². The fraction of sp³-hybridized carbons (Fsp3) is 0.286. The topological polar surface area (TPSA) is 52.2 Å². The van der Waals surface area contributed by atoms with Gasteiger partial charge in [-0.3, -0.25) is 9.80 Å². The van der Waals surface area contributed by atoms with E-state index in [2.05, 4.69) is 66.3 Å². The van der Waals surface area contributed by atoms with Crippen molar-refractivity contribution in [1.82, 2.24) is 20.0 Å². The van der Waals surface area contributed by atoms with Crippen molar-refractivity contribution in [1.29, 1.82) is 0 Å². The maximum absolute atomic E-state index is 13.6. The highest BCUT2D eigenvalue weighted by Crippen LogP contribution is 2.37. The molecule has 2 aliphatic heterocycles. The molecule has 2 aliphatic rings. The Balaban J connectivity index is 1.25. The molecule has 33 heavy (non-hydrogen) atoms. The highest BCUT2D eigenvalue weighted by Gasteiger charge is 2.47. The third kappa shape index (κ3) is 3.44. The Kier molecular flexibility index (Phi) is 4.80. The number of fused-ring (bicyclic) bond motifs is 3. The Bertz CT molecular complexity index is 1340. The van der Waals surface area contributed by atoms with E-state index in [0.717, 1.165) is 64.9 Å². The molecular weight excluding hydrogens is 408 g/mol. The number of piperidine rings is 1. The number of imidazole rings is 1. The lowest BCUT2D eigenvalue weighted by atomic mass is 9.97. The molecular formula is C28H28N4O. The maximum atomic E-state index is 13.6. The van der Waals surface area contributed by atoms with Crippen molar-refractivity contribution in [2.75, 3.05) is 6.54 Å². The highest BCUT2D eigenvalue weighted by molar-refractivity contribution is 5.95. The smallest absolute Gasteiger partial charge is 0.268 e. The number of amides is 1. The van der Waals surface area contributed by atoms with Gasteiger partial charge in [-0.05, 0) is 68.0 Å². The molecule has 4 aromatic rings. The number of hydrogen-bond acceptors (Lipinski definition) is 3. The van der Waals surface area contributed by atoms with Crippen LogP contribution in [0.3, 0.4) is 0 Å². The summed E-state index contributed by atoms with van der Waals surface area (Å²) in [7, 11) is 0. The normalized spacial score (nSPS) is 21.8. The first-order chi connectivity index (χ1) is 16.1. The monoisotopic (exact) mass is 436 g/mol. The van der Waals surface area contributed by atoms with Crippen molar-refractivity contribution in [3.63, 3.8) is 0 Å². The Morgan fingerprint density at radius 1 is 1.03 bits per heavy atom. The van der Waals surface area contributed by atoms with E-state index in [1.807, 2.05) is 29.3 Å². The number of rotatable bonds is 4. The number of para-hydroxylation sites is 1. The van der Waals surface area contributed by atoms with E-state index in [1.54, 1.807) is 0 Å². The van der Waals surface area contributed by atoms with Crippen molar-refractivity contribution >= 4 is 16.9 Å². The largest absolute Gasteiger partial charge is 0.338 e. The second-order valence-corrected chi connectivity index (χ2v) is 9.42. The Morgan fingerprint density at radius 3 is 2.67 bits per heavy atom. The van der Waals surface area contributed by atoms with Gasteiger partial charge in [0.05, 0.1) is 17.1 Å². The third-order valence-electron chi connectivity index (χ3n) is 7.24. The number of aromatic nitrogens is 2. The molecule has 3 unspecified atom stereocenters. The third-order valence-corrected chi connectivity index (χ3v) is 7.24. The van der Waals surface area contributed by atoms with E-state index in [4.69, 9.17) is 4.98 Å². The molecule has 2 fully saturated rings. The zero-order valence-electron chi connectivity index (χ0n) is 19.1. The van der Waals surface area contributed by atoms with E-state index in [0.29, 0.717) is 12.1 Å². The van der Waals surface area contributed by atoms with Gasteiger partial charge in [-0.25, -0.2) is 9.99 Å². The summed E-state index contributed by atoms with van der Waals surface area (Å²) >= 11 is 0. The van der Waals surface area contributed by atoms with Gasteiger partial charge in [0.2, 0.25) is 0 Å². The minimum atomic E-state index is 0.114. The van der Waals surface area contributed by atoms with Gasteiger partial charge in [-0.1, -0.05) is 48.5 Å². The molecule has 166 valence electrons. The lowest BCUT2D eigenvalue weighted by Gasteiger charge is -2.28. The Morgan fingerprint density at radius 2 is 1.88 bits per heavy atom. The van der Waals surface area contributed by atoms with Crippen LogP contribution in [0.4, 0.5) is 0 Å². The molecule has 1 aromatic heterocycles. The predicted molar refractivity (Wildman–Crippen MR) is 131 cm³/mol. The van der Waals surface area contributed by atoms with Crippen LogP contribution in [0.1, 0.15) is 39.9 Å². The van der Waals surface area contributed by atoms with Crippen LogP contribution < -0.4 is 0 Å². The quantitative estimate of drug-likeness (QED) is 0.473. The van der Waals surface area contributed by atoms with Gasteiger partial charge >= 0.3 is 0 Å². The summed E-state index contributed by atoms with van der Waals surface area (Å²) in [5.41, 5.74) is 7.37. The number of hydrogen-bond donors (Lipinski definition) is 1. The van der Waals surface area contributed by atoms with Crippen molar-refractivity contribution in [3.05, 3.63) is 89.0 Å². The summed E-state index contributed by atoms with van der Waals surface area (Å²) in [6, 6.07) is 23.5. The van der Waals surface area contributed by atoms with Crippen LogP contribution in [0.15, 0.2) is 66.7 Å². The molecule has 3 aromatic carbocycles. The van der Waals surface area contributed by atoms with Gasteiger partial charge in [-0.15, -0.1) is 0 Å². The number of nitrogens with zero attached hydrogens (tertiary/aromatic N) is 3. The van der Waals surface area contributed by atoms with Gasteiger partial charge < -0.3 is 4.98 Å². The second kappa shape index (κ2) is 7.85. The molecule has 6 rings (SSSR count). The van der Waals surface area contributed by atoms with Gasteiger partial charge in [0, 0.05) is 23.7 Å². The molecule has 1 amide bonds. The Hall–Kier alpha value is -3.44. The van der Waals surface area contributed by atoms with Crippen LogP contribution in [0.2, 0.25) is 0 Å². The molecule has 1 N–H and O–H groups in total. The van der Waals surface area contributed by atoms with Gasteiger partial charge in [0.25, 0.3) is 5.91 Å².